The molecule has 0 bridgehead atoms. The predicted molar refractivity (Wildman–Crippen MR) is 108 cm³/mol. The molecule has 0 saturated carbocycles. The third kappa shape index (κ3) is 4.55. The normalized spacial score (nSPS) is 15.7. The van der Waals surface area contributed by atoms with Gasteiger partial charge in [0.15, 0.2) is 0 Å². The van der Waals surface area contributed by atoms with Gasteiger partial charge in [-0.25, -0.2) is 0 Å². The number of rotatable bonds is 8. The van der Waals surface area contributed by atoms with Crippen LogP contribution in [0.4, 0.5) is 0 Å². The molecular formula is C23H48. The van der Waals surface area contributed by atoms with Crippen molar-refractivity contribution in [2.24, 2.45) is 38.9 Å². The Morgan fingerprint density at radius 3 is 1.22 bits per heavy atom. The van der Waals surface area contributed by atoms with E-state index in [1.807, 2.05) is 0 Å². The lowest BCUT2D eigenvalue weighted by Crippen LogP contribution is -2.53. The molecule has 0 atom stereocenters. The lowest BCUT2D eigenvalue weighted by Gasteiger charge is -2.61. The van der Waals surface area contributed by atoms with E-state index in [1.165, 1.54) is 12.8 Å². The molecule has 0 saturated heterocycles. The Hall–Kier alpha value is 0. The van der Waals surface area contributed by atoms with Gasteiger partial charge in [0.1, 0.15) is 0 Å². The summed E-state index contributed by atoms with van der Waals surface area (Å²) in [5, 5.41) is 0. The highest BCUT2D eigenvalue weighted by Crippen LogP contribution is 2.63. The van der Waals surface area contributed by atoms with Crippen LogP contribution in [0.1, 0.15) is 110 Å². The quantitative estimate of drug-likeness (QED) is 0.422. The number of hydrogen-bond acceptors (Lipinski definition) is 0. The third-order valence-electron chi connectivity index (χ3n) is 8.33. The molecule has 140 valence electrons. The fourth-order valence-corrected chi connectivity index (χ4v) is 4.53. The van der Waals surface area contributed by atoms with Crippen molar-refractivity contribution >= 4 is 0 Å². The van der Waals surface area contributed by atoms with E-state index in [0.29, 0.717) is 22.2 Å². The van der Waals surface area contributed by atoms with Gasteiger partial charge in [0.25, 0.3) is 0 Å². The Morgan fingerprint density at radius 1 is 0.565 bits per heavy atom. The summed E-state index contributed by atoms with van der Waals surface area (Å²) in [6.07, 6.45) is 2.55. The van der Waals surface area contributed by atoms with Crippen molar-refractivity contribution < 1.29 is 0 Å². The van der Waals surface area contributed by atoms with Gasteiger partial charge in [0.05, 0.1) is 0 Å². The molecule has 0 aromatic heterocycles. The summed E-state index contributed by atoms with van der Waals surface area (Å²) in [4.78, 5) is 0. The van der Waals surface area contributed by atoms with Crippen LogP contribution in [0.15, 0.2) is 0 Å². The molecule has 0 spiro atoms. The molecular weight excluding hydrogens is 276 g/mol. The summed E-state index contributed by atoms with van der Waals surface area (Å²) in [5.41, 5.74) is 1.51. The van der Waals surface area contributed by atoms with Gasteiger partial charge in [-0.3, -0.25) is 0 Å². The highest BCUT2D eigenvalue weighted by Gasteiger charge is 2.55. The van der Waals surface area contributed by atoms with Crippen LogP contribution < -0.4 is 0 Å². The molecule has 0 amide bonds. The Labute approximate surface area is 149 Å². The Balaban J connectivity index is 5.74. The van der Waals surface area contributed by atoms with Crippen LogP contribution in [0.5, 0.6) is 0 Å². The van der Waals surface area contributed by atoms with E-state index >= 15 is 0 Å². The average Bonchev–Trinajstić information content (AvgIpc) is 2.24. The summed E-state index contributed by atoms with van der Waals surface area (Å²) in [7, 11) is 0. The smallest absolute Gasteiger partial charge is 0.0246 e. The van der Waals surface area contributed by atoms with Crippen molar-refractivity contribution in [3.63, 3.8) is 0 Å². The zero-order chi connectivity index (χ0) is 19.1. The highest BCUT2D eigenvalue weighted by atomic mass is 14.6. The number of hydrogen-bond donors (Lipinski definition) is 0. The zero-order valence-electron chi connectivity index (χ0n) is 19.1. The van der Waals surface area contributed by atoms with E-state index in [9.17, 15) is 0 Å². The molecule has 0 aromatic rings. The van der Waals surface area contributed by atoms with E-state index in [0.717, 1.165) is 5.92 Å². The summed E-state index contributed by atoms with van der Waals surface area (Å²) >= 11 is 0. The molecule has 0 aliphatic rings. The summed E-state index contributed by atoms with van der Waals surface area (Å²) < 4.78 is 0. The monoisotopic (exact) mass is 324 g/mol. The lowest BCUT2D eigenvalue weighted by atomic mass is 9.44. The molecule has 0 fully saturated rings. The van der Waals surface area contributed by atoms with Gasteiger partial charge in [-0.05, 0) is 51.8 Å². The van der Waals surface area contributed by atoms with Gasteiger partial charge < -0.3 is 0 Å². The van der Waals surface area contributed by atoms with E-state index < -0.39 is 0 Å². The van der Waals surface area contributed by atoms with Crippen molar-refractivity contribution in [3.8, 4) is 0 Å². The minimum atomic E-state index is 0.255. The fourth-order valence-electron chi connectivity index (χ4n) is 4.53. The summed E-state index contributed by atoms with van der Waals surface area (Å²) in [5.74, 6) is 1.46. The van der Waals surface area contributed by atoms with Crippen LogP contribution in [0.2, 0.25) is 0 Å². The SMILES string of the molecule is CC(C)CC(C)(C)C(C)(C)C(C)(C)C(C)(C)CC(C)(C)C(C)C. The first-order chi connectivity index (χ1) is 9.82. The van der Waals surface area contributed by atoms with Crippen molar-refractivity contribution in [3.05, 3.63) is 0 Å². The van der Waals surface area contributed by atoms with E-state index in [2.05, 4.69) is 96.9 Å². The van der Waals surface area contributed by atoms with Gasteiger partial charge in [-0.2, -0.15) is 0 Å². The van der Waals surface area contributed by atoms with Crippen LogP contribution in [-0.2, 0) is 0 Å². The van der Waals surface area contributed by atoms with Crippen molar-refractivity contribution in [2.75, 3.05) is 0 Å². The largest absolute Gasteiger partial charge is 0.0628 e. The standard InChI is InChI=1S/C23H48/c1-17(2)15-20(7,8)22(11,12)23(13,14)21(9,10)16-19(5,6)18(3)4/h17-18H,15-16H2,1-14H3. The second-order valence-electron chi connectivity index (χ2n) is 11.9. The minimum Gasteiger partial charge on any atom is -0.0628 e. The predicted octanol–water partition coefficient (Wildman–Crippen LogP) is 8.21. The van der Waals surface area contributed by atoms with Crippen molar-refractivity contribution in [1.29, 1.82) is 0 Å². The maximum absolute atomic E-state index is 2.52. The summed E-state index contributed by atoms with van der Waals surface area (Å²) in [6, 6.07) is 0. The van der Waals surface area contributed by atoms with E-state index in [1.54, 1.807) is 0 Å². The van der Waals surface area contributed by atoms with E-state index in [-0.39, 0.29) is 10.8 Å². The molecule has 0 aliphatic heterocycles. The van der Waals surface area contributed by atoms with Crippen LogP contribution in [0.3, 0.4) is 0 Å². The first-order valence-corrected chi connectivity index (χ1v) is 9.82. The Kier molecular flexibility index (Phi) is 6.72. The minimum absolute atomic E-state index is 0.255. The molecule has 0 heteroatoms. The first-order valence-electron chi connectivity index (χ1n) is 9.82. The van der Waals surface area contributed by atoms with Gasteiger partial charge >= 0.3 is 0 Å². The molecule has 0 radical (unpaired) electrons. The molecule has 0 N–H and O–H groups in total. The molecule has 0 unspecified atom stereocenters. The lowest BCUT2D eigenvalue weighted by molar-refractivity contribution is -0.117. The molecule has 0 nitrogen and oxygen atoms in total. The molecule has 0 aromatic carbocycles. The summed E-state index contributed by atoms with van der Waals surface area (Å²) in [6.45, 7) is 34.4. The molecule has 0 aliphatic carbocycles. The van der Waals surface area contributed by atoms with Gasteiger partial charge in [0, 0.05) is 0 Å². The average molecular weight is 325 g/mol. The molecule has 0 rings (SSSR count). The highest BCUT2D eigenvalue weighted by molar-refractivity contribution is 5.04. The second-order valence-corrected chi connectivity index (χ2v) is 11.9. The third-order valence-corrected chi connectivity index (χ3v) is 8.33. The zero-order valence-corrected chi connectivity index (χ0v) is 19.1. The van der Waals surface area contributed by atoms with Gasteiger partial charge in [0.2, 0.25) is 0 Å². The van der Waals surface area contributed by atoms with Crippen molar-refractivity contribution in [1.82, 2.24) is 0 Å². The van der Waals surface area contributed by atoms with Crippen LogP contribution >= 0.6 is 0 Å². The fraction of sp³-hybridized carbons (Fsp3) is 1.00. The maximum Gasteiger partial charge on any atom is -0.0246 e. The van der Waals surface area contributed by atoms with E-state index in [4.69, 9.17) is 0 Å². The van der Waals surface area contributed by atoms with Crippen molar-refractivity contribution in [2.45, 2.75) is 110 Å². The van der Waals surface area contributed by atoms with Gasteiger partial charge in [-0.1, -0.05) is 96.9 Å². The van der Waals surface area contributed by atoms with Crippen LogP contribution in [0, 0.1) is 38.9 Å². The topological polar surface area (TPSA) is 0 Å². The first kappa shape index (κ1) is 23.0. The van der Waals surface area contributed by atoms with Crippen LogP contribution in [0.25, 0.3) is 0 Å². The Morgan fingerprint density at radius 2 is 0.913 bits per heavy atom. The Bertz CT molecular complexity index is 375. The second kappa shape index (κ2) is 6.72. The maximum atomic E-state index is 2.52. The molecule has 0 heterocycles. The molecule has 23 heavy (non-hydrogen) atoms. The van der Waals surface area contributed by atoms with Crippen LogP contribution in [-0.4, -0.2) is 0 Å². The van der Waals surface area contributed by atoms with Gasteiger partial charge in [-0.15, -0.1) is 0 Å².